The van der Waals surface area contributed by atoms with Gasteiger partial charge >= 0.3 is 5.97 Å². The minimum absolute atomic E-state index is 0.348. The summed E-state index contributed by atoms with van der Waals surface area (Å²) in [6, 6.07) is 5.35. The van der Waals surface area contributed by atoms with Gasteiger partial charge in [0, 0.05) is 21.1 Å². The molecule has 10 heteroatoms. The van der Waals surface area contributed by atoms with Crippen molar-refractivity contribution in [2.24, 2.45) is 0 Å². The number of esters is 1. The van der Waals surface area contributed by atoms with Crippen LogP contribution in [0.3, 0.4) is 0 Å². The minimum atomic E-state index is -0.398. The number of rotatable bonds is 5. The first-order chi connectivity index (χ1) is 13.8. The minimum Gasteiger partial charge on any atom is -0.465 e. The number of carbonyl (C=O) groups is 1. The number of aryl methyl sites for hydroxylation is 1. The van der Waals surface area contributed by atoms with Gasteiger partial charge in [0.1, 0.15) is 5.00 Å². The summed E-state index contributed by atoms with van der Waals surface area (Å²) in [6.07, 6.45) is 3.47. The molecule has 0 atom stereocenters. The normalized spacial score (nSPS) is 10.7. The summed E-state index contributed by atoms with van der Waals surface area (Å²) in [5, 5.41) is 12.6. The number of carbonyl (C=O) groups excluding carboxylic acids is 1. The van der Waals surface area contributed by atoms with E-state index in [1.54, 1.807) is 23.0 Å². The Labute approximate surface area is 187 Å². The number of halogens is 2. The number of ether oxygens (including phenoxy) is 1. The van der Waals surface area contributed by atoms with Crippen LogP contribution in [0.4, 0.5) is 10.7 Å². The molecule has 0 saturated carbocycles. The maximum atomic E-state index is 12.1. The number of methoxy groups -OCH3 is 1. The molecule has 0 spiro atoms. The fourth-order valence-electron chi connectivity index (χ4n) is 2.67. The molecule has 6 nitrogen and oxygen atoms in total. The fourth-order valence-corrected chi connectivity index (χ4v) is 4.47. The molecule has 0 amide bonds. The number of nitrogens with zero attached hydrogens (tertiary/aromatic N) is 2. The van der Waals surface area contributed by atoms with Crippen LogP contribution in [-0.4, -0.2) is 28.0 Å². The van der Waals surface area contributed by atoms with Crippen LogP contribution >= 0.6 is 46.8 Å². The van der Waals surface area contributed by atoms with Gasteiger partial charge in [-0.25, -0.2) is 4.79 Å². The largest absolute Gasteiger partial charge is 0.465 e. The number of thiophene rings is 1. The summed E-state index contributed by atoms with van der Waals surface area (Å²) in [5.74, 6) is -0.398. The van der Waals surface area contributed by atoms with Crippen LogP contribution in [0.2, 0.25) is 10.0 Å². The van der Waals surface area contributed by atoms with Crippen molar-refractivity contribution in [2.75, 3.05) is 17.7 Å². The van der Waals surface area contributed by atoms with Gasteiger partial charge in [-0.1, -0.05) is 29.3 Å². The summed E-state index contributed by atoms with van der Waals surface area (Å²) in [6.45, 7) is 4.32. The Hall–Kier alpha value is -2.13. The van der Waals surface area contributed by atoms with E-state index in [4.69, 9.17) is 40.2 Å². The van der Waals surface area contributed by atoms with Gasteiger partial charge in [0.15, 0.2) is 5.11 Å². The van der Waals surface area contributed by atoms with Gasteiger partial charge in [0.05, 0.1) is 31.1 Å². The van der Waals surface area contributed by atoms with Crippen LogP contribution in [0.5, 0.6) is 0 Å². The molecule has 3 aromatic rings. The lowest BCUT2D eigenvalue weighted by Crippen LogP contribution is -2.20. The summed E-state index contributed by atoms with van der Waals surface area (Å²) < 4.78 is 6.62. The molecule has 0 aliphatic carbocycles. The van der Waals surface area contributed by atoms with Gasteiger partial charge in [-0.2, -0.15) is 5.10 Å². The van der Waals surface area contributed by atoms with E-state index in [2.05, 4.69) is 15.7 Å². The molecule has 2 N–H and O–H groups in total. The van der Waals surface area contributed by atoms with Crippen LogP contribution in [0.1, 0.15) is 26.4 Å². The average Bonchev–Trinajstić information content (AvgIpc) is 3.21. The predicted octanol–water partition coefficient (Wildman–Crippen LogP) is 5.51. The summed E-state index contributed by atoms with van der Waals surface area (Å²) in [5.41, 5.74) is 2.97. The smallest absolute Gasteiger partial charge is 0.341 e. The molecule has 0 aliphatic heterocycles. The highest BCUT2D eigenvalue weighted by Gasteiger charge is 2.20. The van der Waals surface area contributed by atoms with E-state index in [0.29, 0.717) is 38.0 Å². The maximum Gasteiger partial charge on any atom is 0.341 e. The fraction of sp³-hybridized carbons (Fsp3) is 0.211. The van der Waals surface area contributed by atoms with Crippen molar-refractivity contribution in [3.63, 3.8) is 0 Å². The first-order valence-corrected chi connectivity index (χ1v) is 10.5. The number of aromatic nitrogens is 2. The average molecular weight is 469 g/mol. The first kappa shape index (κ1) is 21.6. The number of thiocarbonyl (C=S) groups is 1. The van der Waals surface area contributed by atoms with Crippen LogP contribution in [-0.2, 0) is 11.3 Å². The van der Waals surface area contributed by atoms with E-state index in [0.717, 1.165) is 16.0 Å². The number of anilines is 2. The Morgan fingerprint density at radius 1 is 1.31 bits per heavy atom. The molecule has 2 heterocycles. The number of hydrogen-bond donors (Lipinski definition) is 2. The SMILES string of the molecule is COC(=O)c1c(NC(=S)Nc2cnn(Cc3ccc(Cl)cc3Cl)c2)sc(C)c1C. The molecule has 0 radical (unpaired) electrons. The lowest BCUT2D eigenvalue weighted by atomic mass is 10.1. The topological polar surface area (TPSA) is 68.2 Å². The molecule has 3 rings (SSSR count). The zero-order valence-corrected chi connectivity index (χ0v) is 19.0. The maximum absolute atomic E-state index is 12.1. The van der Waals surface area contributed by atoms with Gasteiger partial charge in [0.2, 0.25) is 0 Å². The predicted molar refractivity (Wildman–Crippen MR) is 123 cm³/mol. The molecule has 1 aromatic carbocycles. The molecule has 0 saturated heterocycles. The Morgan fingerprint density at radius 2 is 2.07 bits per heavy atom. The van der Waals surface area contributed by atoms with Crippen molar-refractivity contribution in [1.82, 2.24) is 9.78 Å². The second-order valence-electron chi connectivity index (χ2n) is 6.22. The Bertz CT molecular complexity index is 1080. The molecule has 0 fully saturated rings. The van der Waals surface area contributed by atoms with Crippen LogP contribution < -0.4 is 10.6 Å². The molecular weight excluding hydrogens is 451 g/mol. The third-order valence-electron chi connectivity index (χ3n) is 4.24. The van der Waals surface area contributed by atoms with E-state index in [-0.39, 0.29) is 0 Å². The van der Waals surface area contributed by atoms with Crippen molar-refractivity contribution in [2.45, 2.75) is 20.4 Å². The molecule has 29 heavy (non-hydrogen) atoms. The molecule has 0 bridgehead atoms. The van der Waals surface area contributed by atoms with Crippen LogP contribution in [0.25, 0.3) is 0 Å². The highest BCUT2D eigenvalue weighted by molar-refractivity contribution is 7.80. The van der Waals surface area contributed by atoms with Gasteiger partial charge in [0.25, 0.3) is 0 Å². The highest BCUT2D eigenvalue weighted by atomic mass is 35.5. The van der Waals surface area contributed by atoms with E-state index in [9.17, 15) is 4.79 Å². The third-order valence-corrected chi connectivity index (χ3v) is 6.15. The quantitative estimate of drug-likeness (QED) is 0.379. The second-order valence-corrected chi connectivity index (χ2v) is 8.70. The molecule has 0 unspecified atom stereocenters. The molecular formula is C19H18Cl2N4O2S2. The van der Waals surface area contributed by atoms with E-state index < -0.39 is 5.97 Å². The summed E-state index contributed by atoms with van der Waals surface area (Å²) in [4.78, 5) is 13.1. The highest BCUT2D eigenvalue weighted by Crippen LogP contribution is 2.33. The van der Waals surface area contributed by atoms with Crippen LogP contribution in [0, 0.1) is 13.8 Å². The zero-order chi connectivity index (χ0) is 21.1. The zero-order valence-electron chi connectivity index (χ0n) is 15.9. The monoisotopic (exact) mass is 468 g/mol. The van der Waals surface area contributed by atoms with E-state index in [1.807, 2.05) is 26.1 Å². The van der Waals surface area contributed by atoms with Crippen molar-refractivity contribution in [1.29, 1.82) is 0 Å². The number of hydrogen-bond acceptors (Lipinski definition) is 5. The Kier molecular flexibility index (Phi) is 6.79. The number of benzene rings is 1. The van der Waals surface area contributed by atoms with E-state index >= 15 is 0 Å². The van der Waals surface area contributed by atoms with Crippen molar-refractivity contribution in [3.05, 3.63) is 62.2 Å². The Morgan fingerprint density at radius 3 is 2.76 bits per heavy atom. The summed E-state index contributed by atoms with van der Waals surface area (Å²) in [7, 11) is 1.36. The van der Waals surface area contributed by atoms with Gasteiger partial charge < -0.3 is 15.4 Å². The van der Waals surface area contributed by atoms with Crippen molar-refractivity contribution < 1.29 is 9.53 Å². The van der Waals surface area contributed by atoms with Crippen molar-refractivity contribution in [3.8, 4) is 0 Å². The lowest BCUT2D eigenvalue weighted by Gasteiger charge is -2.09. The van der Waals surface area contributed by atoms with Crippen LogP contribution in [0.15, 0.2) is 30.6 Å². The molecule has 2 aromatic heterocycles. The summed E-state index contributed by atoms with van der Waals surface area (Å²) >= 11 is 19.0. The Balaban J connectivity index is 1.68. The number of nitrogens with one attached hydrogen (secondary N) is 2. The lowest BCUT2D eigenvalue weighted by molar-refractivity contribution is 0.0601. The van der Waals surface area contributed by atoms with Crippen molar-refractivity contribution >= 4 is 68.5 Å². The van der Waals surface area contributed by atoms with Gasteiger partial charge in [-0.05, 0) is 49.3 Å². The van der Waals surface area contributed by atoms with Gasteiger partial charge in [-0.3, -0.25) is 4.68 Å². The third kappa shape index (κ3) is 5.08. The van der Waals surface area contributed by atoms with E-state index in [1.165, 1.54) is 18.4 Å². The second kappa shape index (κ2) is 9.13. The molecule has 0 aliphatic rings. The van der Waals surface area contributed by atoms with Gasteiger partial charge in [-0.15, -0.1) is 11.3 Å². The molecule has 152 valence electrons. The first-order valence-electron chi connectivity index (χ1n) is 8.51. The standard InChI is InChI=1S/C19H18Cl2N4O2S2/c1-10-11(2)29-17(16(10)18(26)27-3)24-19(28)23-14-7-22-25(9-14)8-12-4-5-13(20)6-15(12)21/h4-7,9H,8H2,1-3H3,(H2,23,24,28).